The van der Waals surface area contributed by atoms with E-state index in [-0.39, 0.29) is 5.75 Å². The van der Waals surface area contributed by atoms with Crippen molar-refractivity contribution in [1.82, 2.24) is 0 Å². The van der Waals surface area contributed by atoms with Crippen LogP contribution < -0.4 is 4.74 Å². The van der Waals surface area contributed by atoms with Crippen LogP contribution in [0.1, 0.15) is 4.88 Å². The molecule has 0 amide bonds. The van der Waals surface area contributed by atoms with Gasteiger partial charge in [0.25, 0.3) is 0 Å². The zero-order valence-electron chi connectivity index (χ0n) is 10.9. The van der Waals surface area contributed by atoms with E-state index in [1.54, 1.807) is 13.3 Å². The van der Waals surface area contributed by atoms with E-state index in [2.05, 4.69) is 4.99 Å². The SMILES string of the molecule is COc1ccccc1N=Cc1sc2ccccc2c1O. The average Bonchev–Trinajstić information content (AvgIpc) is 2.82. The van der Waals surface area contributed by atoms with Crippen molar-refractivity contribution in [2.24, 2.45) is 4.99 Å². The van der Waals surface area contributed by atoms with Crippen LogP contribution in [-0.4, -0.2) is 18.4 Å². The van der Waals surface area contributed by atoms with Crippen LogP contribution >= 0.6 is 11.3 Å². The molecule has 0 saturated carbocycles. The van der Waals surface area contributed by atoms with Gasteiger partial charge in [-0.05, 0) is 24.3 Å². The van der Waals surface area contributed by atoms with Crippen molar-refractivity contribution in [3.05, 3.63) is 53.4 Å². The summed E-state index contributed by atoms with van der Waals surface area (Å²) in [6.45, 7) is 0. The summed E-state index contributed by atoms with van der Waals surface area (Å²) >= 11 is 1.52. The molecule has 0 atom stereocenters. The molecule has 0 spiro atoms. The normalized spacial score (nSPS) is 11.2. The van der Waals surface area contributed by atoms with Crippen LogP contribution in [0.25, 0.3) is 10.1 Å². The van der Waals surface area contributed by atoms with Crippen molar-refractivity contribution in [3.63, 3.8) is 0 Å². The lowest BCUT2D eigenvalue weighted by Crippen LogP contribution is -1.83. The Morgan fingerprint density at radius 2 is 1.85 bits per heavy atom. The van der Waals surface area contributed by atoms with Crippen molar-refractivity contribution in [2.45, 2.75) is 0 Å². The van der Waals surface area contributed by atoms with Gasteiger partial charge < -0.3 is 9.84 Å². The number of fused-ring (bicyclic) bond motifs is 1. The van der Waals surface area contributed by atoms with Crippen molar-refractivity contribution in [1.29, 1.82) is 0 Å². The van der Waals surface area contributed by atoms with E-state index in [0.29, 0.717) is 5.75 Å². The van der Waals surface area contributed by atoms with Crippen LogP contribution in [0.5, 0.6) is 11.5 Å². The zero-order chi connectivity index (χ0) is 13.9. The summed E-state index contributed by atoms with van der Waals surface area (Å²) in [4.78, 5) is 5.15. The third-order valence-corrected chi connectivity index (χ3v) is 4.10. The zero-order valence-corrected chi connectivity index (χ0v) is 11.7. The van der Waals surface area contributed by atoms with E-state index in [0.717, 1.165) is 20.7 Å². The third kappa shape index (κ3) is 2.26. The summed E-state index contributed by atoms with van der Waals surface area (Å²) in [5.41, 5.74) is 0.742. The van der Waals surface area contributed by atoms with Gasteiger partial charge >= 0.3 is 0 Å². The maximum absolute atomic E-state index is 10.2. The predicted molar refractivity (Wildman–Crippen MR) is 83.7 cm³/mol. The molecule has 0 aliphatic rings. The molecule has 0 fully saturated rings. The molecule has 0 bridgehead atoms. The molecule has 0 aliphatic carbocycles. The fraction of sp³-hybridized carbons (Fsp3) is 0.0625. The molecule has 0 radical (unpaired) electrons. The molecule has 2 aromatic carbocycles. The third-order valence-electron chi connectivity index (χ3n) is 3.00. The van der Waals surface area contributed by atoms with Crippen molar-refractivity contribution < 1.29 is 9.84 Å². The van der Waals surface area contributed by atoms with Gasteiger partial charge in [0.05, 0.1) is 12.0 Å². The Bertz CT molecular complexity index is 777. The number of aromatic hydroxyl groups is 1. The molecular formula is C16H13NO2S. The Morgan fingerprint density at radius 3 is 2.65 bits per heavy atom. The van der Waals surface area contributed by atoms with E-state index in [4.69, 9.17) is 4.74 Å². The van der Waals surface area contributed by atoms with Crippen LogP contribution in [0.15, 0.2) is 53.5 Å². The first-order valence-corrected chi connectivity index (χ1v) is 6.99. The lowest BCUT2D eigenvalue weighted by atomic mass is 10.2. The summed E-state index contributed by atoms with van der Waals surface area (Å²) in [6, 6.07) is 15.3. The Balaban J connectivity index is 2.00. The van der Waals surface area contributed by atoms with Gasteiger partial charge in [0, 0.05) is 16.3 Å². The first-order chi connectivity index (χ1) is 9.79. The minimum absolute atomic E-state index is 0.282. The quantitative estimate of drug-likeness (QED) is 0.725. The second kappa shape index (κ2) is 5.35. The Labute approximate surface area is 120 Å². The van der Waals surface area contributed by atoms with Crippen molar-refractivity contribution in [3.8, 4) is 11.5 Å². The van der Waals surface area contributed by atoms with Gasteiger partial charge in [-0.15, -0.1) is 11.3 Å². The molecule has 0 saturated heterocycles. The summed E-state index contributed by atoms with van der Waals surface area (Å²) in [5.74, 6) is 0.994. The number of ether oxygens (including phenoxy) is 1. The number of benzene rings is 2. The van der Waals surface area contributed by atoms with Gasteiger partial charge in [-0.3, -0.25) is 4.99 Å². The molecule has 1 heterocycles. The molecule has 0 aliphatic heterocycles. The van der Waals surface area contributed by atoms with Gasteiger partial charge in [-0.2, -0.15) is 0 Å². The van der Waals surface area contributed by atoms with Gasteiger partial charge in [0.2, 0.25) is 0 Å². The molecular weight excluding hydrogens is 270 g/mol. The van der Waals surface area contributed by atoms with Gasteiger partial charge in [-0.1, -0.05) is 24.3 Å². The van der Waals surface area contributed by atoms with Gasteiger partial charge in [0.1, 0.15) is 17.2 Å². The first kappa shape index (κ1) is 12.7. The van der Waals surface area contributed by atoms with Crippen molar-refractivity contribution in [2.75, 3.05) is 7.11 Å². The van der Waals surface area contributed by atoms with E-state index in [9.17, 15) is 5.11 Å². The lowest BCUT2D eigenvalue weighted by molar-refractivity contribution is 0.416. The highest BCUT2D eigenvalue weighted by molar-refractivity contribution is 7.21. The number of para-hydroxylation sites is 2. The molecule has 1 aromatic heterocycles. The average molecular weight is 283 g/mol. The van der Waals surface area contributed by atoms with Gasteiger partial charge in [0.15, 0.2) is 0 Å². The largest absolute Gasteiger partial charge is 0.506 e. The number of aliphatic imine (C=N–C) groups is 1. The van der Waals surface area contributed by atoms with Gasteiger partial charge in [-0.25, -0.2) is 0 Å². The lowest BCUT2D eigenvalue weighted by Gasteiger charge is -2.02. The molecule has 100 valence electrons. The fourth-order valence-electron chi connectivity index (χ4n) is 2.00. The number of hydrogen-bond donors (Lipinski definition) is 1. The second-order valence-corrected chi connectivity index (χ2v) is 5.32. The highest BCUT2D eigenvalue weighted by Gasteiger charge is 2.08. The topological polar surface area (TPSA) is 41.8 Å². The molecule has 20 heavy (non-hydrogen) atoms. The highest BCUT2D eigenvalue weighted by Crippen LogP contribution is 2.36. The molecule has 4 heteroatoms. The molecule has 1 N–H and O–H groups in total. The van der Waals surface area contributed by atoms with E-state index < -0.39 is 0 Å². The number of thiophene rings is 1. The fourth-order valence-corrected chi connectivity index (χ4v) is 2.97. The maximum Gasteiger partial charge on any atom is 0.144 e. The number of rotatable bonds is 3. The Morgan fingerprint density at radius 1 is 1.10 bits per heavy atom. The minimum Gasteiger partial charge on any atom is -0.506 e. The predicted octanol–water partition coefficient (Wildman–Crippen LogP) is 4.37. The second-order valence-electron chi connectivity index (χ2n) is 4.24. The first-order valence-electron chi connectivity index (χ1n) is 6.17. The van der Waals surface area contributed by atoms with Crippen LogP contribution in [0.2, 0.25) is 0 Å². The molecule has 0 unspecified atom stereocenters. The monoisotopic (exact) mass is 283 g/mol. The number of methoxy groups -OCH3 is 1. The summed E-state index contributed by atoms with van der Waals surface area (Å²) in [5, 5.41) is 11.0. The van der Waals surface area contributed by atoms with E-state index in [1.165, 1.54) is 11.3 Å². The van der Waals surface area contributed by atoms with Crippen LogP contribution in [0, 0.1) is 0 Å². The standard InChI is InChI=1S/C16H13NO2S/c1-19-13-8-4-3-7-12(13)17-10-15-16(18)11-6-2-5-9-14(11)20-15/h2-10,18H,1H3. The Hall–Kier alpha value is -2.33. The minimum atomic E-state index is 0.282. The van der Waals surface area contributed by atoms with Crippen LogP contribution in [0.3, 0.4) is 0 Å². The smallest absolute Gasteiger partial charge is 0.144 e. The maximum atomic E-state index is 10.2. The number of hydrogen-bond acceptors (Lipinski definition) is 4. The number of nitrogens with zero attached hydrogens (tertiary/aromatic N) is 1. The highest BCUT2D eigenvalue weighted by atomic mass is 32.1. The van der Waals surface area contributed by atoms with Crippen molar-refractivity contribution >= 4 is 33.3 Å². The summed E-state index contributed by atoms with van der Waals surface area (Å²) < 4.78 is 6.30. The summed E-state index contributed by atoms with van der Waals surface area (Å²) in [6.07, 6.45) is 1.68. The Kier molecular flexibility index (Phi) is 3.39. The van der Waals surface area contributed by atoms with E-state index >= 15 is 0 Å². The molecule has 3 nitrogen and oxygen atoms in total. The van der Waals surface area contributed by atoms with Crippen LogP contribution in [0.4, 0.5) is 5.69 Å². The summed E-state index contributed by atoms with van der Waals surface area (Å²) in [7, 11) is 1.62. The molecule has 3 rings (SSSR count). The van der Waals surface area contributed by atoms with Crippen LogP contribution in [-0.2, 0) is 0 Å². The van der Waals surface area contributed by atoms with E-state index in [1.807, 2.05) is 48.5 Å². The molecule has 3 aromatic rings.